The fourth-order valence-corrected chi connectivity index (χ4v) is 5.38. The number of hydrogen-bond acceptors (Lipinski definition) is 5. The second-order valence-corrected chi connectivity index (χ2v) is 10.5. The van der Waals surface area contributed by atoms with Gasteiger partial charge in [0.15, 0.2) is 0 Å². The van der Waals surface area contributed by atoms with Gasteiger partial charge >= 0.3 is 0 Å². The smallest absolute Gasteiger partial charge is 0.253 e. The average Bonchev–Trinajstić information content (AvgIpc) is 3.09. The Bertz CT molecular complexity index is 1360. The molecule has 2 aliphatic rings. The molecule has 2 aromatic carbocycles. The zero-order chi connectivity index (χ0) is 26.6. The Morgan fingerprint density at radius 1 is 1.11 bits per heavy atom. The molecule has 1 unspecified atom stereocenters. The van der Waals surface area contributed by atoms with Gasteiger partial charge < -0.3 is 19.8 Å². The SMILES string of the molecule is Cc1cc(C)c(CNC(=O)c2cc3c(c(-c4ccc(CN5CCOCC5)cc4)c2)OC(C)CCC3)c(=O)[nH]1. The van der Waals surface area contributed by atoms with Gasteiger partial charge in [-0.3, -0.25) is 14.5 Å². The van der Waals surface area contributed by atoms with Gasteiger partial charge in [0, 0.05) is 48.6 Å². The maximum absolute atomic E-state index is 13.3. The summed E-state index contributed by atoms with van der Waals surface area (Å²) in [6.45, 7) is 10.4. The second-order valence-electron chi connectivity index (χ2n) is 10.5. The molecular weight excluding hydrogens is 478 g/mol. The molecular formula is C31H37N3O4. The predicted molar refractivity (Wildman–Crippen MR) is 149 cm³/mol. The number of pyridine rings is 1. The third kappa shape index (κ3) is 6.00. The van der Waals surface area contributed by atoms with Gasteiger partial charge in [-0.05, 0) is 80.5 Å². The van der Waals surface area contributed by atoms with Crippen LogP contribution in [0.5, 0.6) is 5.75 Å². The summed E-state index contributed by atoms with van der Waals surface area (Å²) in [6, 6.07) is 14.4. The summed E-state index contributed by atoms with van der Waals surface area (Å²) in [6.07, 6.45) is 2.96. The van der Waals surface area contributed by atoms with Crippen LogP contribution in [0.3, 0.4) is 0 Å². The van der Waals surface area contributed by atoms with Crippen LogP contribution in [-0.2, 0) is 24.2 Å². The third-order valence-electron chi connectivity index (χ3n) is 7.50. The van der Waals surface area contributed by atoms with Gasteiger partial charge in [0.25, 0.3) is 11.5 Å². The number of fused-ring (bicyclic) bond motifs is 1. The van der Waals surface area contributed by atoms with Crippen molar-refractivity contribution in [2.45, 2.75) is 59.2 Å². The topological polar surface area (TPSA) is 83.7 Å². The van der Waals surface area contributed by atoms with Crippen molar-refractivity contribution >= 4 is 5.91 Å². The Morgan fingerprint density at radius 3 is 2.61 bits per heavy atom. The molecule has 1 amide bonds. The van der Waals surface area contributed by atoms with E-state index >= 15 is 0 Å². The number of hydrogen-bond donors (Lipinski definition) is 2. The van der Waals surface area contributed by atoms with E-state index in [1.54, 1.807) is 0 Å². The summed E-state index contributed by atoms with van der Waals surface area (Å²) in [5, 5.41) is 2.97. The molecule has 7 heteroatoms. The van der Waals surface area contributed by atoms with Crippen molar-refractivity contribution in [3.8, 4) is 16.9 Å². The molecule has 7 nitrogen and oxygen atoms in total. The summed E-state index contributed by atoms with van der Waals surface area (Å²) >= 11 is 0. The van der Waals surface area contributed by atoms with Crippen LogP contribution in [0.1, 0.15) is 58.1 Å². The van der Waals surface area contributed by atoms with E-state index in [1.807, 2.05) is 32.0 Å². The Labute approximate surface area is 224 Å². The van der Waals surface area contributed by atoms with Crippen molar-refractivity contribution in [1.29, 1.82) is 0 Å². The van der Waals surface area contributed by atoms with Crippen molar-refractivity contribution < 1.29 is 14.3 Å². The van der Waals surface area contributed by atoms with Crippen molar-refractivity contribution in [3.05, 3.63) is 86.3 Å². The lowest BCUT2D eigenvalue weighted by atomic mass is 9.95. The number of carbonyl (C=O) groups is 1. The summed E-state index contributed by atoms with van der Waals surface area (Å²) in [4.78, 5) is 31.0. The zero-order valence-corrected chi connectivity index (χ0v) is 22.6. The maximum Gasteiger partial charge on any atom is 0.253 e. The lowest BCUT2D eigenvalue weighted by Gasteiger charge is -2.26. The lowest BCUT2D eigenvalue weighted by Crippen LogP contribution is -2.35. The molecule has 1 aromatic heterocycles. The number of rotatable bonds is 6. The van der Waals surface area contributed by atoms with E-state index in [2.05, 4.69) is 46.4 Å². The van der Waals surface area contributed by atoms with Crippen molar-refractivity contribution in [1.82, 2.24) is 15.2 Å². The largest absolute Gasteiger partial charge is 0.490 e. The van der Waals surface area contributed by atoms with Crippen LogP contribution in [-0.4, -0.2) is 48.2 Å². The molecule has 1 saturated heterocycles. The maximum atomic E-state index is 13.3. The molecule has 38 heavy (non-hydrogen) atoms. The summed E-state index contributed by atoms with van der Waals surface area (Å²) < 4.78 is 11.9. The average molecular weight is 516 g/mol. The van der Waals surface area contributed by atoms with Crippen molar-refractivity contribution in [3.63, 3.8) is 0 Å². The van der Waals surface area contributed by atoms with Gasteiger partial charge in [0.1, 0.15) is 5.75 Å². The van der Waals surface area contributed by atoms with Gasteiger partial charge in [-0.1, -0.05) is 24.3 Å². The molecule has 0 aliphatic carbocycles. The fraction of sp³-hybridized carbons (Fsp3) is 0.419. The van der Waals surface area contributed by atoms with Gasteiger partial charge in [-0.15, -0.1) is 0 Å². The minimum Gasteiger partial charge on any atom is -0.490 e. The van der Waals surface area contributed by atoms with Gasteiger partial charge in [0.05, 0.1) is 19.3 Å². The van der Waals surface area contributed by atoms with Crippen molar-refractivity contribution in [2.24, 2.45) is 0 Å². The molecule has 2 N–H and O–H groups in total. The van der Waals surface area contributed by atoms with Crippen LogP contribution in [0.15, 0.2) is 47.3 Å². The quantitative estimate of drug-likeness (QED) is 0.504. The third-order valence-corrected chi connectivity index (χ3v) is 7.50. The number of aromatic amines is 1. The highest BCUT2D eigenvalue weighted by atomic mass is 16.5. The van der Waals surface area contributed by atoms with Crippen LogP contribution in [0.2, 0.25) is 0 Å². The van der Waals surface area contributed by atoms with Crippen LogP contribution < -0.4 is 15.6 Å². The first-order chi connectivity index (χ1) is 18.4. The lowest BCUT2D eigenvalue weighted by molar-refractivity contribution is 0.0342. The first-order valence-electron chi connectivity index (χ1n) is 13.6. The van der Waals surface area contributed by atoms with Crippen molar-refractivity contribution in [2.75, 3.05) is 26.3 Å². The highest BCUT2D eigenvalue weighted by Gasteiger charge is 2.22. The number of aryl methyl sites for hydroxylation is 3. The van der Waals surface area contributed by atoms with Gasteiger partial charge in [0.2, 0.25) is 0 Å². The van der Waals surface area contributed by atoms with Crippen LogP contribution in [0.25, 0.3) is 11.1 Å². The molecule has 0 saturated carbocycles. The van der Waals surface area contributed by atoms with Crippen LogP contribution in [0, 0.1) is 13.8 Å². The number of benzene rings is 2. The highest BCUT2D eigenvalue weighted by molar-refractivity contribution is 5.96. The molecule has 0 radical (unpaired) electrons. The molecule has 2 aliphatic heterocycles. The molecule has 1 atom stereocenters. The molecule has 200 valence electrons. The highest BCUT2D eigenvalue weighted by Crippen LogP contribution is 2.38. The number of aromatic nitrogens is 1. The number of nitrogens with zero attached hydrogens (tertiary/aromatic N) is 1. The van der Waals surface area contributed by atoms with E-state index in [1.165, 1.54) is 5.56 Å². The van der Waals surface area contributed by atoms with Gasteiger partial charge in [-0.2, -0.15) is 0 Å². The predicted octanol–water partition coefficient (Wildman–Crippen LogP) is 4.52. The fourth-order valence-electron chi connectivity index (χ4n) is 5.38. The monoisotopic (exact) mass is 515 g/mol. The van der Waals surface area contributed by atoms with E-state index in [-0.39, 0.29) is 24.1 Å². The van der Waals surface area contributed by atoms with E-state index in [9.17, 15) is 9.59 Å². The first kappa shape index (κ1) is 26.2. The Kier molecular flexibility index (Phi) is 7.95. The molecule has 3 heterocycles. The first-order valence-corrected chi connectivity index (χ1v) is 13.6. The van der Waals surface area contributed by atoms with Crippen LogP contribution in [0.4, 0.5) is 0 Å². The molecule has 1 fully saturated rings. The number of ether oxygens (including phenoxy) is 2. The number of amides is 1. The van der Waals surface area contributed by atoms with Gasteiger partial charge in [-0.25, -0.2) is 0 Å². The molecule has 3 aromatic rings. The van der Waals surface area contributed by atoms with Crippen LogP contribution >= 0.6 is 0 Å². The number of H-pyrrole nitrogens is 1. The van der Waals surface area contributed by atoms with E-state index < -0.39 is 0 Å². The molecule has 5 rings (SSSR count). The Balaban J connectivity index is 1.42. The molecule has 0 bridgehead atoms. The van der Waals surface area contributed by atoms with E-state index in [0.717, 1.165) is 85.8 Å². The summed E-state index contributed by atoms with van der Waals surface area (Å²) in [5.41, 5.74) is 6.94. The zero-order valence-electron chi connectivity index (χ0n) is 22.6. The minimum absolute atomic E-state index is 0.117. The normalized spacial score (nSPS) is 17.8. The standard InChI is InChI=1S/C31H37N3O4/c1-20-15-21(2)33-31(36)28(20)18-32-30(35)26-16-25-6-4-5-22(3)38-29(25)27(17-26)24-9-7-23(8-10-24)19-34-11-13-37-14-12-34/h7-10,15-17,22H,4-6,11-14,18-19H2,1-3H3,(H,32,35)(H,33,36). The Morgan fingerprint density at radius 2 is 1.87 bits per heavy atom. The second kappa shape index (κ2) is 11.5. The van der Waals surface area contributed by atoms with E-state index in [0.29, 0.717) is 11.1 Å². The molecule has 0 spiro atoms. The Hall–Kier alpha value is -3.42. The number of nitrogens with one attached hydrogen (secondary N) is 2. The summed E-state index contributed by atoms with van der Waals surface area (Å²) in [5.74, 6) is 0.674. The van der Waals surface area contributed by atoms with E-state index in [4.69, 9.17) is 9.47 Å². The minimum atomic E-state index is -0.199. The number of morpholine rings is 1. The number of carbonyl (C=O) groups excluding carboxylic acids is 1. The summed E-state index contributed by atoms with van der Waals surface area (Å²) in [7, 11) is 0.